The van der Waals surface area contributed by atoms with E-state index in [9.17, 15) is 4.79 Å². The van der Waals surface area contributed by atoms with Gasteiger partial charge in [0.05, 0.1) is 11.1 Å². The number of para-hydroxylation sites is 1. The maximum Gasteiger partial charge on any atom is 0.254 e. The van der Waals surface area contributed by atoms with Crippen LogP contribution >= 0.6 is 0 Å². The van der Waals surface area contributed by atoms with Crippen molar-refractivity contribution >= 4 is 22.8 Å². The summed E-state index contributed by atoms with van der Waals surface area (Å²) in [4.78, 5) is 34.2. The molecule has 0 N–H and O–H groups in total. The number of benzene rings is 1. The third kappa shape index (κ3) is 4.05. The van der Waals surface area contributed by atoms with Crippen LogP contribution in [0.2, 0.25) is 0 Å². The number of hydrogen-bond donors (Lipinski definition) is 0. The zero-order valence-electron chi connectivity index (χ0n) is 19.1. The third-order valence-corrected chi connectivity index (χ3v) is 6.62. The number of piperazine rings is 1. The van der Waals surface area contributed by atoms with Gasteiger partial charge < -0.3 is 14.7 Å². The highest BCUT2D eigenvalue weighted by Gasteiger charge is 2.29. The van der Waals surface area contributed by atoms with Crippen molar-refractivity contribution in [3.8, 4) is 0 Å². The van der Waals surface area contributed by atoms with Crippen molar-refractivity contribution < 1.29 is 4.79 Å². The average molecular weight is 431 g/mol. The van der Waals surface area contributed by atoms with Crippen LogP contribution in [0.1, 0.15) is 39.8 Å². The fourth-order valence-corrected chi connectivity index (χ4v) is 4.79. The number of carbonyl (C=O) groups is 1. The molecular weight excluding hydrogens is 400 g/mol. The molecule has 1 aromatic carbocycles. The lowest BCUT2D eigenvalue weighted by molar-refractivity contribution is 0.0666. The molecule has 5 rings (SSSR count). The Labute approximate surface area is 189 Å². The van der Waals surface area contributed by atoms with Gasteiger partial charge in [-0.2, -0.15) is 0 Å². The van der Waals surface area contributed by atoms with Gasteiger partial charge in [0.15, 0.2) is 0 Å². The van der Waals surface area contributed by atoms with Gasteiger partial charge in [-0.1, -0.05) is 18.2 Å². The molecule has 1 amide bonds. The summed E-state index contributed by atoms with van der Waals surface area (Å²) in [5.41, 5.74) is 4.63. The Hall–Kier alpha value is -3.06. The molecule has 7 heteroatoms. The van der Waals surface area contributed by atoms with E-state index in [0.717, 1.165) is 85.2 Å². The molecule has 0 unspecified atom stereocenters. The van der Waals surface area contributed by atoms with Gasteiger partial charge in [0, 0.05) is 67.7 Å². The highest BCUT2D eigenvalue weighted by Crippen LogP contribution is 2.31. The first-order chi connectivity index (χ1) is 15.5. The second kappa shape index (κ2) is 8.47. The van der Waals surface area contributed by atoms with Crippen molar-refractivity contribution in [3.63, 3.8) is 0 Å². The molecule has 0 spiro atoms. The molecule has 1 atom stereocenters. The standard InChI is InChI=1S/C25H30N6O/c1-17-14-18(2)27-25(26-17)31-9-8-19(16-31)23-15-21(20-6-4-5-7-22(20)28-23)24(32)30-12-10-29(3)11-13-30/h4-7,14-15,19H,8-13,16H2,1-3H3/t19-/m1/s1. The first kappa shape index (κ1) is 20.8. The van der Waals surface area contributed by atoms with Crippen molar-refractivity contribution in [1.82, 2.24) is 24.8 Å². The summed E-state index contributed by atoms with van der Waals surface area (Å²) in [6, 6.07) is 12.0. The van der Waals surface area contributed by atoms with Gasteiger partial charge in [-0.15, -0.1) is 0 Å². The van der Waals surface area contributed by atoms with Crippen LogP contribution in [0.3, 0.4) is 0 Å². The number of fused-ring (bicyclic) bond motifs is 1. The van der Waals surface area contributed by atoms with E-state index in [1.165, 1.54) is 0 Å². The highest BCUT2D eigenvalue weighted by atomic mass is 16.2. The zero-order valence-corrected chi connectivity index (χ0v) is 19.1. The van der Waals surface area contributed by atoms with Crippen LogP contribution in [0.25, 0.3) is 10.9 Å². The number of hydrogen-bond acceptors (Lipinski definition) is 6. The minimum Gasteiger partial charge on any atom is -0.340 e. The van der Waals surface area contributed by atoms with E-state index in [1.54, 1.807) is 0 Å². The third-order valence-electron chi connectivity index (χ3n) is 6.62. The summed E-state index contributed by atoms with van der Waals surface area (Å²) in [7, 11) is 2.10. The van der Waals surface area contributed by atoms with Gasteiger partial charge in [-0.05, 0) is 45.5 Å². The summed E-state index contributed by atoms with van der Waals surface area (Å²) in [6.07, 6.45) is 0.976. The number of rotatable bonds is 3. The predicted molar refractivity (Wildman–Crippen MR) is 126 cm³/mol. The molecule has 0 bridgehead atoms. The van der Waals surface area contributed by atoms with Gasteiger partial charge in [0.25, 0.3) is 5.91 Å². The van der Waals surface area contributed by atoms with E-state index in [2.05, 4.69) is 26.8 Å². The molecular formula is C25H30N6O. The molecule has 3 aromatic rings. The highest BCUT2D eigenvalue weighted by molar-refractivity contribution is 6.06. The lowest BCUT2D eigenvalue weighted by atomic mass is 9.98. The number of nitrogens with zero attached hydrogens (tertiary/aromatic N) is 6. The van der Waals surface area contributed by atoms with Crippen LogP contribution in [0.4, 0.5) is 5.95 Å². The Kier molecular flexibility index (Phi) is 5.51. The quantitative estimate of drug-likeness (QED) is 0.636. The maximum atomic E-state index is 13.5. The van der Waals surface area contributed by atoms with E-state index >= 15 is 0 Å². The number of pyridine rings is 1. The Morgan fingerprint density at radius 1 is 0.938 bits per heavy atom. The van der Waals surface area contributed by atoms with Gasteiger partial charge in [0.2, 0.25) is 5.95 Å². The van der Waals surface area contributed by atoms with Gasteiger partial charge in [0.1, 0.15) is 0 Å². The topological polar surface area (TPSA) is 65.5 Å². The van der Waals surface area contributed by atoms with Gasteiger partial charge in [-0.25, -0.2) is 9.97 Å². The number of carbonyl (C=O) groups excluding carboxylic acids is 1. The summed E-state index contributed by atoms with van der Waals surface area (Å²) in [5, 5.41) is 0.938. The number of likely N-dealkylation sites (N-methyl/N-ethyl adjacent to an activating group) is 1. The van der Waals surface area contributed by atoms with Crippen LogP contribution < -0.4 is 4.90 Å². The summed E-state index contributed by atoms with van der Waals surface area (Å²) < 4.78 is 0. The summed E-state index contributed by atoms with van der Waals surface area (Å²) in [5.74, 6) is 1.16. The summed E-state index contributed by atoms with van der Waals surface area (Å²) in [6.45, 7) is 9.08. The van der Waals surface area contributed by atoms with Crippen molar-refractivity contribution in [3.05, 3.63) is 59.0 Å². The summed E-state index contributed by atoms with van der Waals surface area (Å²) >= 11 is 0. The van der Waals surface area contributed by atoms with E-state index in [-0.39, 0.29) is 11.8 Å². The van der Waals surface area contributed by atoms with Crippen molar-refractivity contribution in [1.29, 1.82) is 0 Å². The van der Waals surface area contributed by atoms with Crippen molar-refractivity contribution in [2.45, 2.75) is 26.2 Å². The van der Waals surface area contributed by atoms with Crippen LogP contribution in [0, 0.1) is 13.8 Å². The Morgan fingerprint density at radius 3 is 2.41 bits per heavy atom. The molecule has 2 aromatic heterocycles. The second-order valence-corrected chi connectivity index (χ2v) is 9.09. The molecule has 2 aliphatic rings. The number of amides is 1. The average Bonchev–Trinajstić information content (AvgIpc) is 3.28. The van der Waals surface area contributed by atoms with Gasteiger partial charge in [-0.3, -0.25) is 9.78 Å². The number of aromatic nitrogens is 3. The molecule has 166 valence electrons. The normalized spacial score (nSPS) is 19.7. The van der Waals surface area contributed by atoms with Crippen LogP contribution in [-0.2, 0) is 0 Å². The lowest BCUT2D eigenvalue weighted by Crippen LogP contribution is -2.47. The fraction of sp³-hybridized carbons (Fsp3) is 0.440. The second-order valence-electron chi connectivity index (χ2n) is 9.09. The first-order valence-electron chi connectivity index (χ1n) is 11.4. The molecule has 0 aliphatic carbocycles. The largest absolute Gasteiger partial charge is 0.340 e. The molecule has 4 heterocycles. The molecule has 2 fully saturated rings. The molecule has 2 saturated heterocycles. The minimum absolute atomic E-state index is 0.116. The Bertz CT molecular complexity index is 1130. The lowest BCUT2D eigenvalue weighted by Gasteiger charge is -2.32. The molecule has 32 heavy (non-hydrogen) atoms. The Morgan fingerprint density at radius 2 is 1.66 bits per heavy atom. The van der Waals surface area contributed by atoms with E-state index < -0.39 is 0 Å². The monoisotopic (exact) mass is 430 g/mol. The predicted octanol–water partition coefficient (Wildman–Crippen LogP) is 3.02. The van der Waals surface area contributed by atoms with Crippen LogP contribution in [-0.4, -0.2) is 77.0 Å². The number of anilines is 1. The SMILES string of the molecule is Cc1cc(C)nc(N2CC[C@@H](c3cc(C(=O)N4CCN(C)CC4)c4ccccc4n3)C2)n1. The molecule has 0 radical (unpaired) electrons. The van der Waals surface area contributed by atoms with Crippen molar-refractivity contribution in [2.24, 2.45) is 0 Å². The zero-order chi connectivity index (χ0) is 22.2. The smallest absolute Gasteiger partial charge is 0.254 e. The van der Waals surface area contributed by atoms with E-state index in [1.807, 2.05) is 55.1 Å². The van der Waals surface area contributed by atoms with E-state index in [0.29, 0.717) is 0 Å². The fourth-order valence-electron chi connectivity index (χ4n) is 4.79. The van der Waals surface area contributed by atoms with Crippen LogP contribution in [0.5, 0.6) is 0 Å². The number of aryl methyl sites for hydroxylation is 2. The van der Waals surface area contributed by atoms with E-state index in [4.69, 9.17) is 4.98 Å². The van der Waals surface area contributed by atoms with Crippen molar-refractivity contribution in [2.75, 3.05) is 51.2 Å². The Balaban J connectivity index is 1.45. The molecule has 2 aliphatic heterocycles. The first-order valence-corrected chi connectivity index (χ1v) is 11.4. The minimum atomic E-state index is 0.116. The molecule has 7 nitrogen and oxygen atoms in total. The van der Waals surface area contributed by atoms with Gasteiger partial charge >= 0.3 is 0 Å². The molecule has 0 saturated carbocycles. The maximum absolute atomic E-state index is 13.5. The van der Waals surface area contributed by atoms with Crippen LogP contribution in [0.15, 0.2) is 36.4 Å².